The highest BCUT2D eigenvalue weighted by Crippen LogP contribution is 2.77. The zero-order valence-corrected chi connectivity index (χ0v) is 10.2. The smallest absolute Gasteiger partial charge is 0.0266 e. The fourth-order valence-corrected chi connectivity index (χ4v) is 5.24. The predicted molar refractivity (Wildman–Crippen MR) is 60.1 cm³/mol. The summed E-state index contributed by atoms with van der Waals surface area (Å²) in [7, 11) is 0. The summed E-state index contributed by atoms with van der Waals surface area (Å²) in [5.41, 5.74) is 2.71. The van der Waals surface area contributed by atoms with E-state index in [4.69, 9.17) is 0 Å². The van der Waals surface area contributed by atoms with Crippen molar-refractivity contribution in [3.8, 4) is 0 Å². The highest BCUT2D eigenvalue weighted by molar-refractivity contribution is 5.17. The van der Waals surface area contributed by atoms with E-state index in [1.54, 1.807) is 0 Å². The minimum absolute atomic E-state index is 0.678. The van der Waals surface area contributed by atoms with Crippen LogP contribution >= 0.6 is 0 Å². The Kier molecular flexibility index (Phi) is 1.37. The maximum absolute atomic E-state index is 2.57. The van der Waals surface area contributed by atoms with Crippen molar-refractivity contribution < 1.29 is 0 Å². The fraction of sp³-hybridized carbons (Fsp3) is 1.00. The van der Waals surface area contributed by atoms with Gasteiger partial charge in [-0.2, -0.15) is 0 Å². The van der Waals surface area contributed by atoms with Gasteiger partial charge in [-0.1, -0.05) is 27.7 Å². The van der Waals surface area contributed by atoms with Gasteiger partial charge in [-0.25, -0.2) is 0 Å². The van der Waals surface area contributed by atoms with E-state index in [1.807, 2.05) is 0 Å². The average molecular weight is 192 g/mol. The molecule has 5 saturated carbocycles. The van der Waals surface area contributed by atoms with E-state index < -0.39 is 0 Å². The molecule has 14 heavy (non-hydrogen) atoms. The molecule has 0 unspecified atom stereocenters. The fourth-order valence-electron chi connectivity index (χ4n) is 5.24. The van der Waals surface area contributed by atoms with Gasteiger partial charge in [-0.3, -0.25) is 0 Å². The first-order valence-corrected chi connectivity index (χ1v) is 6.33. The molecule has 0 spiro atoms. The molecule has 0 radical (unpaired) electrons. The van der Waals surface area contributed by atoms with Crippen molar-refractivity contribution in [1.82, 2.24) is 0 Å². The Morgan fingerprint density at radius 2 is 0.714 bits per heavy atom. The lowest BCUT2D eigenvalue weighted by atomic mass is 9.31. The summed E-state index contributed by atoms with van der Waals surface area (Å²) in [6, 6.07) is 0. The summed E-state index contributed by atoms with van der Waals surface area (Å²) in [5.74, 6) is 0. The van der Waals surface area contributed by atoms with Crippen molar-refractivity contribution in [2.24, 2.45) is 21.7 Å². The topological polar surface area (TPSA) is 0 Å². The average Bonchev–Trinajstić information content (AvgIpc) is 2.06. The van der Waals surface area contributed by atoms with Crippen LogP contribution < -0.4 is 0 Å². The Balaban J connectivity index is 2.14. The van der Waals surface area contributed by atoms with Crippen molar-refractivity contribution in [3.63, 3.8) is 0 Å². The highest BCUT2D eigenvalue weighted by atomic mass is 14.7. The summed E-state index contributed by atoms with van der Waals surface area (Å²) in [4.78, 5) is 0. The van der Waals surface area contributed by atoms with Gasteiger partial charge in [0.25, 0.3) is 0 Å². The van der Waals surface area contributed by atoms with Gasteiger partial charge in [-0.15, -0.1) is 0 Å². The summed E-state index contributed by atoms with van der Waals surface area (Å²) in [6.45, 7) is 10.3. The molecule has 5 aliphatic rings. The third-order valence-electron chi connectivity index (χ3n) is 6.93. The summed E-state index contributed by atoms with van der Waals surface area (Å²) in [5, 5.41) is 0. The van der Waals surface area contributed by atoms with Crippen molar-refractivity contribution in [1.29, 1.82) is 0 Å². The third-order valence-corrected chi connectivity index (χ3v) is 6.93. The molecule has 0 N–H and O–H groups in total. The Morgan fingerprint density at radius 1 is 0.500 bits per heavy atom. The van der Waals surface area contributed by atoms with E-state index in [0.29, 0.717) is 21.7 Å². The maximum atomic E-state index is 2.57. The Hall–Kier alpha value is 0. The van der Waals surface area contributed by atoms with Gasteiger partial charge in [0.2, 0.25) is 0 Å². The molecular formula is C14H24. The minimum atomic E-state index is 0.678. The van der Waals surface area contributed by atoms with E-state index in [-0.39, 0.29) is 0 Å². The van der Waals surface area contributed by atoms with E-state index in [2.05, 4.69) is 27.7 Å². The van der Waals surface area contributed by atoms with Crippen LogP contribution in [0.4, 0.5) is 0 Å². The van der Waals surface area contributed by atoms with Crippen LogP contribution in [0.1, 0.15) is 66.2 Å². The van der Waals surface area contributed by atoms with Gasteiger partial charge in [0, 0.05) is 0 Å². The Bertz CT molecular complexity index is 236. The van der Waals surface area contributed by atoms with Crippen LogP contribution in [0.3, 0.4) is 0 Å². The molecule has 0 aromatic rings. The molecule has 0 aromatic heterocycles. The van der Waals surface area contributed by atoms with Crippen molar-refractivity contribution in [2.75, 3.05) is 0 Å². The van der Waals surface area contributed by atoms with Crippen LogP contribution in [0, 0.1) is 21.7 Å². The quantitative estimate of drug-likeness (QED) is 0.534. The minimum Gasteiger partial charge on any atom is -0.0591 e. The SMILES string of the molecule is C[C@]12CC[C@]3(C)C[C@@]1(C)CC[C@]3(C)C2. The second-order valence-corrected chi connectivity index (χ2v) is 7.60. The lowest BCUT2D eigenvalue weighted by molar-refractivity contribution is -0.235. The van der Waals surface area contributed by atoms with Crippen LogP contribution in [-0.4, -0.2) is 0 Å². The van der Waals surface area contributed by atoms with E-state index in [0.717, 1.165) is 0 Å². The van der Waals surface area contributed by atoms with Gasteiger partial charge in [-0.05, 0) is 60.2 Å². The summed E-state index contributed by atoms with van der Waals surface area (Å²) < 4.78 is 0. The van der Waals surface area contributed by atoms with E-state index in [9.17, 15) is 0 Å². The molecular weight excluding hydrogens is 168 g/mol. The maximum Gasteiger partial charge on any atom is -0.0266 e. The van der Waals surface area contributed by atoms with Crippen LogP contribution in [0.5, 0.6) is 0 Å². The molecule has 0 amide bonds. The second-order valence-electron chi connectivity index (χ2n) is 7.60. The van der Waals surface area contributed by atoms with Gasteiger partial charge in [0.15, 0.2) is 0 Å². The van der Waals surface area contributed by atoms with E-state index in [1.165, 1.54) is 38.5 Å². The number of hydrogen-bond acceptors (Lipinski definition) is 0. The summed E-state index contributed by atoms with van der Waals surface area (Å²) in [6.07, 6.45) is 9.00. The summed E-state index contributed by atoms with van der Waals surface area (Å²) >= 11 is 0. The zero-order chi connectivity index (χ0) is 10.2. The molecule has 0 aromatic carbocycles. The molecule has 5 rings (SSSR count). The number of rotatable bonds is 0. The van der Waals surface area contributed by atoms with Crippen molar-refractivity contribution in [3.05, 3.63) is 0 Å². The Labute approximate surface area is 88.5 Å². The highest BCUT2D eigenvalue weighted by Gasteiger charge is 2.67. The van der Waals surface area contributed by atoms with Gasteiger partial charge in [0.05, 0.1) is 0 Å². The predicted octanol–water partition coefficient (Wildman–Crippen LogP) is 4.39. The van der Waals surface area contributed by atoms with Crippen molar-refractivity contribution >= 4 is 0 Å². The molecule has 80 valence electrons. The van der Waals surface area contributed by atoms with Crippen LogP contribution in [0.2, 0.25) is 0 Å². The first-order chi connectivity index (χ1) is 6.33. The van der Waals surface area contributed by atoms with E-state index >= 15 is 0 Å². The zero-order valence-electron chi connectivity index (χ0n) is 10.2. The van der Waals surface area contributed by atoms with Crippen molar-refractivity contribution in [2.45, 2.75) is 66.2 Å². The van der Waals surface area contributed by atoms with Crippen LogP contribution in [0.15, 0.2) is 0 Å². The molecule has 0 aliphatic heterocycles. The molecule has 4 bridgehead atoms. The lowest BCUT2D eigenvalue weighted by Crippen LogP contribution is -2.64. The monoisotopic (exact) mass is 192 g/mol. The molecule has 0 saturated heterocycles. The number of fused-ring (bicyclic) bond motifs is 2. The van der Waals surface area contributed by atoms with Gasteiger partial charge < -0.3 is 0 Å². The van der Waals surface area contributed by atoms with Gasteiger partial charge >= 0.3 is 0 Å². The van der Waals surface area contributed by atoms with Gasteiger partial charge in [0.1, 0.15) is 0 Å². The molecule has 0 heterocycles. The van der Waals surface area contributed by atoms with Crippen LogP contribution in [-0.2, 0) is 0 Å². The lowest BCUT2D eigenvalue weighted by Gasteiger charge is -2.73. The largest absolute Gasteiger partial charge is 0.0591 e. The first kappa shape index (κ1) is 9.24. The van der Waals surface area contributed by atoms with Crippen LogP contribution in [0.25, 0.3) is 0 Å². The standard InChI is InChI=1S/C14H24/c1-11-5-6-14(4)10-12(11,2)7-8-13(14,3)9-11/h5-10H2,1-4H3/t11-,12-,13-,14-/m1/s1. The first-order valence-electron chi connectivity index (χ1n) is 6.33. The molecule has 4 atom stereocenters. The number of hydrogen-bond donors (Lipinski definition) is 0. The molecule has 5 aliphatic carbocycles. The molecule has 0 nitrogen and oxygen atoms in total. The normalized spacial score (nSPS) is 66.0. The third kappa shape index (κ3) is 0.750. The second kappa shape index (κ2) is 2.08. The molecule has 0 heteroatoms. The Morgan fingerprint density at radius 3 is 0.929 bits per heavy atom. The molecule has 5 fully saturated rings.